The highest BCUT2D eigenvalue weighted by Gasteiger charge is 2.52. The van der Waals surface area contributed by atoms with Crippen LogP contribution in [-0.2, 0) is 16.6 Å². The summed E-state index contributed by atoms with van der Waals surface area (Å²) in [5, 5.41) is 18.5. The van der Waals surface area contributed by atoms with Crippen molar-refractivity contribution in [1.82, 2.24) is 0 Å². The van der Waals surface area contributed by atoms with E-state index in [9.17, 15) is 14.7 Å². The van der Waals surface area contributed by atoms with Crippen LogP contribution in [0.2, 0.25) is 0 Å². The fourth-order valence-corrected chi connectivity index (χ4v) is 7.43. The summed E-state index contributed by atoms with van der Waals surface area (Å²) < 4.78 is 5.85. The van der Waals surface area contributed by atoms with Gasteiger partial charge in [0, 0.05) is 11.6 Å². The van der Waals surface area contributed by atoms with Crippen LogP contribution >= 0.6 is 0 Å². The first kappa shape index (κ1) is 24.4. The van der Waals surface area contributed by atoms with Crippen LogP contribution in [0.3, 0.4) is 0 Å². The number of hydrogen-bond acceptors (Lipinski definition) is 3. The van der Waals surface area contributed by atoms with Crippen molar-refractivity contribution < 1.29 is 24.5 Å². The van der Waals surface area contributed by atoms with Crippen molar-refractivity contribution in [3.63, 3.8) is 0 Å². The van der Waals surface area contributed by atoms with E-state index in [2.05, 4.69) is 18.2 Å². The Labute approximate surface area is 212 Å². The van der Waals surface area contributed by atoms with Crippen LogP contribution in [0.4, 0.5) is 0 Å². The van der Waals surface area contributed by atoms with E-state index in [0.29, 0.717) is 17.6 Å². The molecule has 4 bridgehead atoms. The number of aryl methyl sites for hydroxylation is 1. The molecule has 5 nitrogen and oxygen atoms in total. The third-order valence-electron chi connectivity index (χ3n) is 8.52. The normalized spacial score (nSPS) is 26.9. The lowest BCUT2D eigenvalue weighted by molar-refractivity contribution is -0.131. The molecule has 0 unspecified atom stereocenters. The minimum Gasteiger partial charge on any atom is -0.496 e. The van der Waals surface area contributed by atoms with Gasteiger partial charge >= 0.3 is 11.9 Å². The molecule has 0 heterocycles. The Morgan fingerprint density at radius 3 is 2.22 bits per heavy atom. The average Bonchev–Trinajstić information content (AvgIpc) is 2.85. The number of aliphatic carboxylic acids is 1. The molecule has 6 rings (SSSR count). The number of allylic oxidation sites excluding steroid dienone is 3. The van der Waals surface area contributed by atoms with E-state index in [1.54, 1.807) is 19.2 Å². The molecule has 36 heavy (non-hydrogen) atoms. The van der Waals surface area contributed by atoms with Crippen molar-refractivity contribution in [2.45, 2.75) is 56.8 Å². The molecule has 2 aromatic carbocycles. The standard InChI is InChI=1S/C31H34O5/c1-36-28-10-8-20(15-27(28)31-17-21-12-22(18-31)14-23(13-21)19-31)4-2-5-24(9-11-29(32)33)25-6-3-7-26(16-25)30(34)35/h3,5-11,15-16,21-23H,2,4,12-14,17-19H2,1H3,(H,32,33)(H,34,35). The van der Waals surface area contributed by atoms with Gasteiger partial charge in [-0.3, -0.25) is 0 Å². The molecule has 0 radical (unpaired) electrons. The van der Waals surface area contributed by atoms with E-state index in [4.69, 9.17) is 9.84 Å². The molecule has 0 saturated heterocycles. The third-order valence-corrected chi connectivity index (χ3v) is 8.52. The Morgan fingerprint density at radius 1 is 0.944 bits per heavy atom. The predicted octanol–water partition coefficient (Wildman–Crippen LogP) is 6.52. The number of carboxylic acids is 2. The van der Waals surface area contributed by atoms with Gasteiger partial charge in [0.05, 0.1) is 12.7 Å². The monoisotopic (exact) mass is 486 g/mol. The van der Waals surface area contributed by atoms with Crippen LogP contribution in [0, 0.1) is 17.8 Å². The Kier molecular flexibility index (Phi) is 6.74. The van der Waals surface area contributed by atoms with Crippen LogP contribution in [0.5, 0.6) is 5.75 Å². The molecule has 4 fully saturated rings. The Balaban J connectivity index is 1.39. The number of carboxylic acid groups (broad SMARTS) is 2. The molecule has 188 valence electrons. The van der Waals surface area contributed by atoms with Crippen molar-refractivity contribution in [2.75, 3.05) is 7.11 Å². The van der Waals surface area contributed by atoms with Crippen LogP contribution in [0.15, 0.2) is 60.7 Å². The van der Waals surface area contributed by atoms with Crippen molar-refractivity contribution in [2.24, 2.45) is 17.8 Å². The first-order valence-electron chi connectivity index (χ1n) is 13.0. The molecule has 0 amide bonds. The fourth-order valence-electron chi connectivity index (χ4n) is 7.43. The summed E-state index contributed by atoms with van der Waals surface area (Å²) in [6.07, 6.45) is 14.2. The summed E-state index contributed by atoms with van der Waals surface area (Å²) in [4.78, 5) is 22.6. The van der Waals surface area contributed by atoms with E-state index in [0.717, 1.165) is 36.0 Å². The van der Waals surface area contributed by atoms with Crippen LogP contribution in [-0.4, -0.2) is 29.3 Å². The largest absolute Gasteiger partial charge is 0.496 e. The first-order valence-corrected chi connectivity index (χ1v) is 13.0. The van der Waals surface area contributed by atoms with Crippen LogP contribution < -0.4 is 4.74 Å². The zero-order valence-electron chi connectivity index (χ0n) is 20.8. The minimum absolute atomic E-state index is 0.178. The number of rotatable bonds is 9. The highest BCUT2D eigenvalue weighted by atomic mass is 16.5. The van der Waals surface area contributed by atoms with Gasteiger partial charge in [0.15, 0.2) is 0 Å². The van der Waals surface area contributed by atoms with E-state index in [-0.39, 0.29) is 11.0 Å². The molecule has 0 aliphatic heterocycles. The molecule has 2 N–H and O–H groups in total. The summed E-state index contributed by atoms with van der Waals surface area (Å²) in [5.41, 5.74) is 4.45. The topological polar surface area (TPSA) is 83.8 Å². The smallest absolute Gasteiger partial charge is 0.335 e. The lowest BCUT2D eigenvalue weighted by Crippen LogP contribution is -2.48. The molecule has 0 spiro atoms. The van der Waals surface area contributed by atoms with Crippen molar-refractivity contribution in [1.29, 1.82) is 0 Å². The maximum Gasteiger partial charge on any atom is 0.335 e. The summed E-state index contributed by atoms with van der Waals surface area (Å²) in [7, 11) is 1.77. The SMILES string of the molecule is COc1ccc(CCC=C(C=CC(=O)O)c2cccc(C(=O)O)c2)cc1C12CC3CC(CC(C3)C1)C2. The summed E-state index contributed by atoms with van der Waals surface area (Å²) in [6.45, 7) is 0. The molecular weight excluding hydrogens is 452 g/mol. The molecular formula is C31H34O5. The van der Waals surface area contributed by atoms with Gasteiger partial charge in [0.1, 0.15) is 5.75 Å². The fraction of sp³-hybridized carbons (Fsp3) is 0.419. The van der Waals surface area contributed by atoms with Gasteiger partial charge in [-0.05, 0) is 116 Å². The third kappa shape index (κ3) is 4.97. The average molecular weight is 487 g/mol. The lowest BCUT2D eigenvalue weighted by atomic mass is 9.48. The quantitative estimate of drug-likeness (QED) is 0.311. The predicted molar refractivity (Wildman–Crippen MR) is 139 cm³/mol. The van der Waals surface area contributed by atoms with E-state index >= 15 is 0 Å². The number of hydrogen-bond donors (Lipinski definition) is 2. The molecule has 4 saturated carbocycles. The maximum atomic E-state index is 11.4. The van der Waals surface area contributed by atoms with Gasteiger partial charge in [-0.2, -0.15) is 0 Å². The number of carbonyl (C=O) groups is 2. The Morgan fingerprint density at radius 2 is 1.61 bits per heavy atom. The molecule has 2 aromatic rings. The zero-order chi connectivity index (χ0) is 25.3. The van der Waals surface area contributed by atoms with Crippen molar-refractivity contribution in [3.8, 4) is 5.75 Å². The van der Waals surface area contributed by atoms with Crippen molar-refractivity contribution in [3.05, 3.63) is 82.9 Å². The summed E-state index contributed by atoms with van der Waals surface area (Å²) in [5.74, 6) is 1.54. The number of benzene rings is 2. The highest BCUT2D eigenvalue weighted by Crippen LogP contribution is 2.61. The van der Waals surface area contributed by atoms with Gasteiger partial charge in [-0.15, -0.1) is 0 Å². The van der Waals surface area contributed by atoms with Crippen LogP contribution in [0.25, 0.3) is 5.57 Å². The maximum absolute atomic E-state index is 11.4. The van der Waals surface area contributed by atoms with E-state index in [1.165, 1.54) is 61.8 Å². The van der Waals surface area contributed by atoms with Crippen LogP contribution in [0.1, 0.15) is 72.0 Å². The second-order valence-electron chi connectivity index (χ2n) is 11.0. The van der Waals surface area contributed by atoms with Gasteiger partial charge in [0.2, 0.25) is 0 Å². The summed E-state index contributed by atoms with van der Waals surface area (Å²) >= 11 is 0. The molecule has 4 aliphatic carbocycles. The first-order chi connectivity index (χ1) is 17.3. The van der Waals surface area contributed by atoms with Gasteiger partial charge in [-0.1, -0.05) is 30.3 Å². The minimum atomic E-state index is -1.04. The van der Waals surface area contributed by atoms with Crippen molar-refractivity contribution >= 4 is 17.5 Å². The van der Waals surface area contributed by atoms with E-state index in [1.807, 2.05) is 12.1 Å². The lowest BCUT2D eigenvalue weighted by Gasteiger charge is -2.57. The number of aromatic carboxylic acids is 1. The zero-order valence-corrected chi connectivity index (χ0v) is 20.8. The number of methoxy groups -OCH3 is 1. The summed E-state index contributed by atoms with van der Waals surface area (Å²) in [6, 6.07) is 13.2. The molecule has 0 atom stereocenters. The van der Waals surface area contributed by atoms with E-state index < -0.39 is 11.9 Å². The Bertz CT molecular complexity index is 1190. The second-order valence-corrected chi connectivity index (χ2v) is 11.0. The number of ether oxygens (including phenoxy) is 1. The molecule has 4 aliphatic rings. The Hall–Kier alpha value is -3.34. The van der Waals surface area contributed by atoms with Gasteiger partial charge in [-0.25, -0.2) is 9.59 Å². The molecule has 5 heteroatoms. The molecule has 0 aromatic heterocycles. The van der Waals surface area contributed by atoms with Gasteiger partial charge < -0.3 is 14.9 Å². The van der Waals surface area contributed by atoms with Gasteiger partial charge in [0.25, 0.3) is 0 Å². The second kappa shape index (κ2) is 9.96. The highest BCUT2D eigenvalue weighted by molar-refractivity contribution is 5.90.